The molecule has 1 fully saturated rings. The van der Waals surface area contributed by atoms with Crippen LogP contribution in [-0.2, 0) is 10.3 Å². The number of benzene rings is 1. The van der Waals surface area contributed by atoms with Crippen LogP contribution in [0.5, 0.6) is 0 Å². The number of nitrogens with zero attached hydrogens (tertiary/aromatic N) is 1. The van der Waals surface area contributed by atoms with Crippen LogP contribution in [-0.4, -0.2) is 30.4 Å². The van der Waals surface area contributed by atoms with Crippen LogP contribution in [0.4, 0.5) is 8.78 Å². The van der Waals surface area contributed by atoms with Gasteiger partial charge >= 0.3 is 0 Å². The van der Waals surface area contributed by atoms with Gasteiger partial charge in [-0.3, -0.25) is 10.1 Å². The Morgan fingerprint density at radius 3 is 2.48 bits per heavy atom. The van der Waals surface area contributed by atoms with E-state index in [4.69, 9.17) is 0 Å². The molecule has 0 atom stereocenters. The molecule has 1 heterocycles. The SMILES string of the molecule is CC(C)(NCC(=O)N1CCCCC1)c1ccc(F)c(F)c1. The summed E-state index contributed by atoms with van der Waals surface area (Å²) in [5.41, 5.74) is 0.0211. The van der Waals surface area contributed by atoms with Crippen molar-refractivity contribution in [1.29, 1.82) is 0 Å². The molecule has 0 bridgehead atoms. The number of likely N-dealkylation sites (tertiary alicyclic amines) is 1. The fourth-order valence-corrected chi connectivity index (χ4v) is 2.54. The molecule has 1 saturated heterocycles. The molecule has 0 unspecified atom stereocenters. The van der Waals surface area contributed by atoms with Crippen molar-refractivity contribution in [2.45, 2.75) is 38.6 Å². The predicted octanol–water partition coefficient (Wildman–Crippen LogP) is 2.80. The Labute approximate surface area is 124 Å². The van der Waals surface area contributed by atoms with E-state index in [1.165, 1.54) is 18.6 Å². The summed E-state index contributed by atoms with van der Waals surface area (Å²) in [6, 6.07) is 3.82. The standard InChI is InChI=1S/C16H22F2N2O/c1-16(2,12-6-7-13(17)14(18)10-12)19-11-15(21)20-8-4-3-5-9-20/h6-7,10,19H,3-5,8-9,11H2,1-2H3. The van der Waals surface area contributed by atoms with Gasteiger partial charge in [0.2, 0.25) is 5.91 Å². The predicted molar refractivity (Wildman–Crippen MR) is 77.8 cm³/mol. The normalized spacial score (nSPS) is 16.1. The van der Waals surface area contributed by atoms with Gasteiger partial charge in [0, 0.05) is 18.6 Å². The van der Waals surface area contributed by atoms with E-state index in [0.29, 0.717) is 5.56 Å². The van der Waals surface area contributed by atoms with Gasteiger partial charge < -0.3 is 4.90 Å². The minimum absolute atomic E-state index is 0.0605. The van der Waals surface area contributed by atoms with E-state index in [-0.39, 0.29) is 12.5 Å². The second-order valence-corrected chi connectivity index (χ2v) is 6.05. The average Bonchev–Trinajstić information content (AvgIpc) is 2.48. The molecule has 1 aliphatic heterocycles. The number of amides is 1. The zero-order valence-electron chi connectivity index (χ0n) is 12.6. The van der Waals surface area contributed by atoms with Gasteiger partial charge in [-0.25, -0.2) is 8.78 Å². The lowest BCUT2D eigenvalue weighted by Crippen LogP contribution is -2.46. The van der Waals surface area contributed by atoms with E-state index in [1.54, 1.807) is 0 Å². The molecule has 3 nitrogen and oxygen atoms in total. The zero-order chi connectivity index (χ0) is 15.5. The van der Waals surface area contributed by atoms with E-state index in [2.05, 4.69) is 5.32 Å². The van der Waals surface area contributed by atoms with Gasteiger partial charge in [-0.2, -0.15) is 0 Å². The quantitative estimate of drug-likeness (QED) is 0.926. The molecule has 0 radical (unpaired) electrons. The van der Waals surface area contributed by atoms with Gasteiger partial charge in [0.15, 0.2) is 11.6 Å². The molecule has 0 aliphatic carbocycles. The number of halogens is 2. The highest BCUT2D eigenvalue weighted by Gasteiger charge is 2.24. The van der Waals surface area contributed by atoms with Crippen LogP contribution >= 0.6 is 0 Å². The summed E-state index contributed by atoms with van der Waals surface area (Å²) in [5.74, 6) is -1.67. The molecule has 1 aliphatic rings. The number of hydrogen-bond acceptors (Lipinski definition) is 2. The minimum Gasteiger partial charge on any atom is -0.342 e. The molecule has 0 saturated carbocycles. The summed E-state index contributed by atoms with van der Waals surface area (Å²) in [5, 5.41) is 3.14. The summed E-state index contributed by atoms with van der Waals surface area (Å²) in [7, 11) is 0. The summed E-state index contributed by atoms with van der Waals surface area (Å²) in [4.78, 5) is 14.0. The summed E-state index contributed by atoms with van der Waals surface area (Å²) >= 11 is 0. The van der Waals surface area contributed by atoms with Crippen LogP contribution in [0, 0.1) is 11.6 Å². The Morgan fingerprint density at radius 2 is 1.86 bits per heavy atom. The van der Waals surface area contributed by atoms with Crippen LogP contribution in [0.3, 0.4) is 0 Å². The van der Waals surface area contributed by atoms with Crippen molar-refractivity contribution in [1.82, 2.24) is 10.2 Å². The molecule has 1 amide bonds. The number of carbonyl (C=O) groups is 1. The third kappa shape index (κ3) is 4.00. The molecule has 0 aromatic heterocycles. The molecule has 0 spiro atoms. The highest BCUT2D eigenvalue weighted by atomic mass is 19.2. The van der Waals surface area contributed by atoms with Gasteiger partial charge in [-0.15, -0.1) is 0 Å². The lowest BCUT2D eigenvalue weighted by molar-refractivity contribution is -0.131. The maximum atomic E-state index is 13.3. The second-order valence-electron chi connectivity index (χ2n) is 6.05. The lowest BCUT2D eigenvalue weighted by Gasteiger charge is -2.31. The minimum atomic E-state index is -0.871. The van der Waals surface area contributed by atoms with Crippen molar-refractivity contribution in [2.75, 3.05) is 19.6 Å². The fourth-order valence-electron chi connectivity index (χ4n) is 2.54. The molecule has 1 aromatic carbocycles. The maximum absolute atomic E-state index is 13.3. The largest absolute Gasteiger partial charge is 0.342 e. The number of rotatable bonds is 4. The molecule has 2 rings (SSSR count). The molecule has 116 valence electrons. The van der Waals surface area contributed by atoms with E-state index < -0.39 is 17.2 Å². The Morgan fingerprint density at radius 1 is 1.19 bits per heavy atom. The van der Waals surface area contributed by atoms with Crippen molar-refractivity contribution in [3.8, 4) is 0 Å². The van der Waals surface area contributed by atoms with Crippen molar-refractivity contribution in [3.63, 3.8) is 0 Å². The molecule has 21 heavy (non-hydrogen) atoms. The highest BCUT2D eigenvalue weighted by Crippen LogP contribution is 2.22. The lowest BCUT2D eigenvalue weighted by atomic mass is 9.94. The van der Waals surface area contributed by atoms with E-state index in [9.17, 15) is 13.6 Å². The average molecular weight is 296 g/mol. The molecule has 5 heteroatoms. The first-order valence-electron chi connectivity index (χ1n) is 7.38. The van der Waals surface area contributed by atoms with Crippen molar-refractivity contribution in [3.05, 3.63) is 35.4 Å². The Kier molecular flexibility index (Phi) is 4.93. The molecular weight excluding hydrogens is 274 g/mol. The smallest absolute Gasteiger partial charge is 0.236 e. The van der Waals surface area contributed by atoms with Gasteiger partial charge in [-0.1, -0.05) is 6.07 Å². The van der Waals surface area contributed by atoms with Crippen LogP contribution in [0.1, 0.15) is 38.7 Å². The number of hydrogen-bond donors (Lipinski definition) is 1. The second kappa shape index (κ2) is 6.52. The Hall–Kier alpha value is -1.49. The third-order valence-electron chi connectivity index (χ3n) is 4.03. The van der Waals surface area contributed by atoms with Crippen molar-refractivity contribution in [2.24, 2.45) is 0 Å². The fraction of sp³-hybridized carbons (Fsp3) is 0.562. The Bertz CT molecular complexity index is 511. The van der Waals surface area contributed by atoms with E-state index in [1.807, 2.05) is 18.7 Å². The summed E-state index contributed by atoms with van der Waals surface area (Å²) in [6.45, 7) is 5.52. The van der Waals surface area contributed by atoms with Gasteiger partial charge in [-0.05, 0) is 50.8 Å². The first-order chi connectivity index (χ1) is 9.90. The molecular formula is C16H22F2N2O. The van der Waals surface area contributed by atoms with Crippen LogP contribution in [0.2, 0.25) is 0 Å². The highest BCUT2D eigenvalue weighted by molar-refractivity contribution is 5.78. The van der Waals surface area contributed by atoms with Crippen molar-refractivity contribution >= 4 is 5.91 Å². The summed E-state index contributed by atoms with van der Waals surface area (Å²) < 4.78 is 26.3. The van der Waals surface area contributed by atoms with Gasteiger partial charge in [0.05, 0.1) is 6.54 Å². The first-order valence-corrected chi connectivity index (χ1v) is 7.38. The maximum Gasteiger partial charge on any atom is 0.236 e. The topological polar surface area (TPSA) is 32.3 Å². The number of nitrogens with one attached hydrogen (secondary N) is 1. The monoisotopic (exact) mass is 296 g/mol. The van der Waals surface area contributed by atoms with Gasteiger partial charge in [0.1, 0.15) is 0 Å². The van der Waals surface area contributed by atoms with E-state index in [0.717, 1.165) is 32.0 Å². The zero-order valence-corrected chi connectivity index (χ0v) is 12.6. The third-order valence-corrected chi connectivity index (χ3v) is 4.03. The first kappa shape index (κ1) is 15.9. The van der Waals surface area contributed by atoms with Crippen LogP contribution in [0.15, 0.2) is 18.2 Å². The van der Waals surface area contributed by atoms with Crippen LogP contribution in [0.25, 0.3) is 0 Å². The van der Waals surface area contributed by atoms with Crippen molar-refractivity contribution < 1.29 is 13.6 Å². The van der Waals surface area contributed by atoms with E-state index >= 15 is 0 Å². The summed E-state index contributed by atoms with van der Waals surface area (Å²) in [6.07, 6.45) is 3.29. The Balaban J connectivity index is 1.96. The van der Waals surface area contributed by atoms with Crippen LogP contribution < -0.4 is 5.32 Å². The molecule has 1 aromatic rings. The number of piperidine rings is 1. The number of carbonyl (C=O) groups excluding carboxylic acids is 1. The van der Waals surface area contributed by atoms with Gasteiger partial charge in [0.25, 0.3) is 0 Å². The molecule has 1 N–H and O–H groups in total.